The summed E-state index contributed by atoms with van der Waals surface area (Å²) in [4.78, 5) is 28.4. The van der Waals surface area contributed by atoms with Crippen molar-refractivity contribution in [2.24, 2.45) is 11.8 Å². The van der Waals surface area contributed by atoms with Gasteiger partial charge in [-0.2, -0.15) is 0 Å². The number of carbonyl (C=O) groups excluding carboxylic acids is 1. The van der Waals surface area contributed by atoms with Gasteiger partial charge in [0.25, 0.3) is 0 Å². The van der Waals surface area contributed by atoms with E-state index in [0.717, 1.165) is 11.3 Å². The Labute approximate surface area is 184 Å². The van der Waals surface area contributed by atoms with Crippen molar-refractivity contribution < 1.29 is 19.8 Å². The Hall–Kier alpha value is -2.86. The first-order valence-corrected chi connectivity index (χ1v) is 10.9. The Kier molecular flexibility index (Phi) is 7.33. The molecule has 0 aromatic heterocycles. The van der Waals surface area contributed by atoms with E-state index >= 15 is 0 Å². The van der Waals surface area contributed by atoms with Crippen molar-refractivity contribution in [2.75, 3.05) is 24.5 Å². The molecule has 1 saturated heterocycles. The van der Waals surface area contributed by atoms with Gasteiger partial charge in [-0.25, -0.2) is 4.79 Å². The van der Waals surface area contributed by atoms with E-state index in [9.17, 15) is 19.8 Å². The number of aliphatic hydroxyl groups is 1. The molecule has 6 heteroatoms. The summed E-state index contributed by atoms with van der Waals surface area (Å²) < 4.78 is 0. The summed E-state index contributed by atoms with van der Waals surface area (Å²) in [5.74, 6) is -2.42. The maximum Gasteiger partial charge on any atom is 0.333 e. The number of benzene rings is 2. The van der Waals surface area contributed by atoms with Crippen molar-refractivity contribution in [1.29, 1.82) is 0 Å². The van der Waals surface area contributed by atoms with Gasteiger partial charge in [0.2, 0.25) is 5.91 Å². The predicted molar refractivity (Wildman–Crippen MR) is 122 cm³/mol. The van der Waals surface area contributed by atoms with Crippen molar-refractivity contribution in [3.05, 3.63) is 54.6 Å². The molecule has 1 aliphatic heterocycles. The maximum atomic E-state index is 13.1. The molecular formula is C25H32N2O4. The van der Waals surface area contributed by atoms with Crippen LogP contribution in [0, 0.1) is 11.8 Å². The smallest absolute Gasteiger partial charge is 0.333 e. The number of carboxylic acids is 1. The number of rotatable bonds is 7. The number of hydrogen-bond acceptors (Lipinski definition) is 4. The second-order valence-electron chi connectivity index (χ2n) is 8.76. The van der Waals surface area contributed by atoms with Crippen LogP contribution in [0.3, 0.4) is 0 Å². The standard InChI is InChI=1S/C25H32N2O4/c1-17(2)15-22(23(28)25(30)31)24(29)27-14-13-26(16-18(27)3)21-11-9-20(10-12-21)19-7-5-4-6-8-19/h4-12,17-18,22-23,28H,13-16H2,1-3H3,(H,30,31)/t18-,22+,23+/m1/s1. The zero-order chi connectivity index (χ0) is 22.5. The quantitative estimate of drug-likeness (QED) is 0.711. The van der Waals surface area contributed by atoms with E-state index in [2.05, 4.69) is 41.3 Å². The minimum Gasteiger partial charge on any atom is -0.479 e. The first-order chi connectivity index (χ1) is 14.8. The number of anilines is 1. The van der Waals surface area contributed by atoms with Gasteiger partial charge in [-0.15, -0.1) is 0 Å². The van der Waals surface area contributed by atoms with Crippen LogP contribution in [0.4, 0.5) is 5.69 Å². The average molecular weight is 425 g/mol. The third-order valence-electron chi connectivity index (χ3n) is 5.93. The molecule has 0 aliphatic carbocycles. The highest BCUT2D eigenvalue weighted by molar-refractivity contribution is 5.86. The topological polar surface area (TPSA) is 81.1 Å². The van der Waals surface area contributed by atoms with Gasteiger partial charge in [0, 0.05) is 31.4 Å². The summed E-state index contributed by atoms with van der Waals surface area (Å²) in [6.07, 6.45) is -1.33. The Morgan fingerprint density at radius 2 is 1.61 bits per heavy atom. The molecule has 1 heterocycles. The maximum absolute atomic E-state index is 13.1. The molecule has 0 bridgehead atoms. The molecule has 0 saturated carbocycles. The number of nitrogens with zero attached hydrogens (tertiary/aromatic N) is 2. The van der Waals surface area contributed by atoms with E-state index in [1.54, 1.807) is 4.90 Å². The molecule has 1 fully saturated rings. The van der Waals surface area contributed by atoms with Gasteiger partial charge in [-0.1, -0.05) is 56.3 Å². The molecule has 0 unspecified atom stereocenters. The van der Waals surface area contributed by atoms with Crippen LogP contribution >= 0.6 is 0 Å². The number of carboxylic acid groups (broad SMARTS) is 1. The number of aliphatic carboxylic acids is 1. The summed E-state index contributed by atoms with van der Waals surface area (Å²) in [6, 6.07) is 18.5. The Morgan fingerprint density at radius 1 is 1.00 bits per heavy atom. The fraction of sp³-hybridized carbons (Fsp3) is 0.440. The van der Waals surface area contributed by atoms with Crippen LogP contribution in [0.2, 0.25) is 0 Å². The van der Waals surface area contributed by atoms with Gasteiger partial charge >= 0.3 is 5.97 Å². The number of hydrogen-bond donors (Lipinski definition) is 2. The van der Waals surface area contributed by atoms with Gasteiger partial charge in [-0.3, -0.25) is 4.79 Å². The van der Waals surface area contributed by atoms with Crippen molar-refractivity contribution in [1.82, 2.24) is 4.90 Å². The Balaban J connectivity index is 1.68. The van der Waals surface area contributed by atoms with E-state index in [1.165, 1.54) is 5.56 Å². The Bertz CT molecular complexity index is 882. The lowest BCUT2D eigenvalue weighted by Gasteiger charge is -2.42. The van der Waals surface area contributed by atoms with Crippen LogP contribution in [0.5, 0.6) is 0 Å². The summed E-state index contributed by atoms with van der Waals surface area (Å²) in [6.45, 7) is 7.65. The lowest BCUT2D eigenvalue weighted by molar-refractivity contribution is -0.158. The minimum absolute atomic E-state index is 0.0780. The zero-order valence-electron chi connectivity index (χ0n) is 18.4. The minimum atomic E-state index is -1.68. The SMILES string of the molecule is CC(C)C[C@H](C(=O)N1CCN(c2ccc(-c3ccccc3)cc2)C[C@H]1C)[C@H](O)C(=O)O. The highest BCUT2D eigenvalue weighted by Gasteiger charge is 2.38. The van der Waals surface area contributed by atoms with Crippen LogP contribution in [0.25, 0.3) is 11.1 Å². The molecule has 166 valence electrons. The summed E-state index contributed by atoms with van der Waals surface area (Å²) >= 11 is 0. The molecule has 2 aromatic carbocycles. The molecule has 2 aromatic rings. The van der Waals surface area contributed by atoms with Crippen LogP contribution in [0.15, 0.2) is 54.6 Å². The zero-order valence-corrected chi connectivity index (χ0v) is 18.4. The molecule has 31 heavy (non-hydrogen) atoms. The third kappa shape index (κ3) is 5.44. The number of piperazine rings is 1. The number of amides is 1. The molecule has 2 N–H and O–H groups in total. The molecule has 1 amide bonds. The fourth-order valence-electron chi connectivity index (χ4n) is 4.27. The van der Waals surface area contributed by atoms with E-state index in [1.807, 2.05) is 39.0 Å². The first-order valence-electron chi connectivity index (χ1n) is 10.9. The fourth-order valence-corrected chi connectivity index (χ4v) is 4.27. The molecule has 0 spiro atoms. The second kappa shape index (κ2) is 9.96. The average Bonchev–Trinajstić information content (AvgIpc) is 2.77. The van der Waals surface area contributed by atoms with Gasteiger partial charge in [0.05, 0.1) is 5.92 Å². The van der Waals surface area contributed by atoms with Crippen LogP contribution in [-0.2, 0) is 9.59 Å². The first kappa shape index (κ1) is 22.8. The van der Waals surface area contributed by atoms with Crippen LogP contribution < -0.4 is 4.90 Å². The van der Waals surface area contributed by atoms with E-state index in [4.69, 9.17) is 0 Å². The highest BCUT2D eigenvalue weighted by Crippen LogP contribution is 2.27. The molecular weight excluding hydrogens is 392 g/mol. The molecule has 6 nitrogen and oxygen atoms in total. The van der Waals surface area contributed by atoms with E-state index in [0.29, 0.717) is 26.1 Å². The number of aliphatic hydroxyl groups excluding tert-OH is 1. The van der Waals surface area contributed by atoms with Crippen LogP contribution in [-0.4, -0.2) is 58.8 Å². The van der Waals surface area contributed by atoms with Crippen molar-refractivity contribution in [2.45, 2.75) is 39.3 Å². The van der Waals surface area contributed by atoms with Gasteiger partial charge in [0.15, 0.2) is 6.10 Å². The van der Waals surface area contributed by atoms with Crippen molar-refractivity contribution in [3.8, 4) is 11.1 Å². The van der Waals surface area contributed by atoms with Gasteiger partial charge in [-0.05, 0) is 42.5 Å². The summed E-state index contributed by atoms with van der Waals surface area (Å²) in [5.41, 5.74) is 3.43. The summed E-state index contributed by atoms with van der Waals surface area (Å²) in [7, 11) is 0. The lowest BCUT2D eigenvalue weighted by Crippen LogP contribution is -2.57. The van der Waals surface area contributed by atoms with Gasteiger partial charge in [0.1, 0.15) is 0 Å². The predicted octanol–water partition coefficient (Wildman–Crippen LogP) is 3.50. The van der Waals surface area contributed by atoms with Crippen molar-refractivity contribution >= 4 is 17.6 Å². The third-order valence-corrected chi connectivity index (χ3v) is 5.93. The van der Waals surface area contributed by atoms with Crippen LogP contribution in [0.1, 0.15) is 27.2 Å². The molecule has 1 aliphatic rings. The molecule has 3 rings (SSSR count). The molecule has 0 radical (unpaired) electrons. The van der Waals surface area contributed by atoms with E-state index in [-0.39, 0.29) is 17.9 Å². The lowest BCUT2D eigenvalue weighted by atomic mass is 9.90. The van der Waals surface area contributed by atoms with E-state index < -0.39 is 18.0 Å². The largest absolute Gasteiger partial charge is 0.479 e. The van der Waals surface area contributed by atoms with Crippen molar-refractivity contribution in [3.63, 3.8) is 0 Å². The monoisotopic (exact) mass is 424 g/mol. The van der Waals surface area contributed by atoms with Gasteiger partial charge < -0.3 is 20.0 Å². The highest BCUT2D eigenvalue weighted by atomic mass is 16.4. The second-order valence-corrected chi connectivity index (χ2v) is 8.76. The normalized spacial score (nSPS) is 18.7. The Morgan fingerprint density at radius 3 is 2.16 bits per heavy atom. The molecule has 3 atom stereocenters. The number of carbonyl (C=O) groups is 2. The summed E-state index contributed by atoms with van der Waals surface area (Å²) in [5, 5.41) is 19.4.